The Bertz CT molecular complexity index is 633. The summed E-state index contributed by atoms with van der Waals surface area (Å²) in [7, 11) is 1.89. The van der Waals surface area contributed by atoms with E-state index in [4.69, 9.17) is 16.3 Å². The van der Waals surface area contributed by atoms with E-state index >= 15 is 0 Å². The number of aryl methyl sites for hydroxylation is 1. The normalized spacial score (nSPS) is 21.7. The average Bonchev–Trinajstić information content (AvgIpc) is 3.06. The first-order chi connectivity index (χ1) is 10.1. The number of ether oxygens (including phenoxy) is 1. The van der Waals surface area contributed by atoms with E-state index in [1.165, 1.54) is 12.3 Å². The Kier molecular flexibility index (Phi) is 4.07. The molecule has 5 nitrogen and oxygen atoms in total. The molecule has 0 saturated carbocycles. The molecule has 1 N–H and O–H groups in total. The van der Waals surface area contributed by atoms with Crippen LogP contribution in [0.25, 0.3) is 0 Å². The number of aromatic nitrogens is 3. The Balaban J connectivity index is 1.68. The second-order valence-corrected chi connectivity index (χ2v) is 5.52. The van der Waals surface area contributed by atoms with E-state index < -0.39 is 5.82 Å². The van der Waals surface area contributed by atoms with Crippen molar-refractivity contribution in [2.24, 2.45) is 13.0 Å². The van der Waals surface area contributed by atoms with Crippen molar-refractivity contribution >= 4 is 17.4 Å². The molecule has 2 atom stereocenters. The van der Waals surface area contributed by atoms with Gasteiger partial charge in [-0.05, 0) is 18.6 Å². The Morgan fingerprint density at radius 1 is 1.57 bits per heavy atom. The predicted octanol–water partition coefficient (Wildman–Crippen LogP) is 2.80. The van der Waals surface area contributed by atoms with E-state index in [1.807, 2.05) is 17.8 Å². The summed E-state index contributed by atoms with van der Waals surface area (Å²) < 4.78 is 21.3. The lowest BCUT2D eigenvalue weighted by Crippen LogP contribution is -2.20. The molecule has 0 spiro atoms. The lowest BCUT2D eigenvalue weighted by Gasteiger charge is -2.19. The van der Waals surface area contributed by atoms with Gasteiger partial charge < -0.3 is 10.1 Å². The fraction of sp³-hybridized carbons (Fsp3) is 0.429. The molecule has 0 radical (unpaired) electrons. The number of hydrogen-bond acceptors (Lipinski definition) is 4. The van der Waals surface area contributed by atoms with Crippen molar-refractivity contribution in [1.29, 1.82) is 0 Å². The molecule has 1 aliphatic rings. The number of anilines is 1. The van der Waals surface area contributed by atoms with E-state index in [0.717, 1.165) is 12.1 Å². The number of rotatable bonds is 4. The van der Waals surface area contributed by atoms with Gasteiger partial charge >= 0.3 is 0 Å². The zero-order valence-corrected chi connectivity index (χ0v) is 12.3. The van der Waals surface area contributed by atoms with Crippen molar-refractivity contribution in [2.75, 3.05) is 18.5 Å². The van der Waals surface area contributed by atoms with Crippen LogP contribution in [0.4, 0.5) is 10.2 Å². The SMILES string of the molecule is Cn1nccc1[C@@H]1OCC[C@H]1CNc1ncc(Cl)cc1F. The molecule has 3 heterocycles. The zero-order chi connectivity index (χ0) is 14.8. The molecule has 1 fully saturated rings. The van der Waals surface area contributed by atoms with Crippen LogP contribution in [0.15, 0.2) is 24.5 Å². The summed E-state index contributed by atoms with van der Waals surface area (Å²) in [6.07, 6.45) is 4.07. The minimum Gasteiger partial charge on any atom is -0.372 e. The molecule has 2 aromatic rings. The molecule has 0 unspecified atom stereocenters. The maximum Gasteiger partial charge on any atom is 0.166 e. The third kappa shape index (κ3) is 3.01. The monoisotopic (exact) mass is 310 g/mol. The first-order valence-corrected chi connectivity index (χ1v) is 7.17. The van der Waals surface area contributed by atoms with Crippen LogP contribution in [0.5, 0.6) is 0 Å². The molecule has 1 saturated heterocycles. The molecule has 2 aromatic heterocycles. The van der Waals surface area contributed by atoms with Crippen LogP contribution >= 0.6 is 11.6 Å². The van der Waals surface area contributed by atoms with Gasteiger partial charge in [-0.15, -0.1) is 0 Å². The highest BCUT2D eigenvalue weighted by Gasteiger charge is 2.31. The fourth-order valence-electron chi connectivity index (χ4n) is 2.61. The number of pyridine rings is 1. The Morgan fingerprint density at radius 3 is 3.14 bits per heavy atom. The van der Waals surface area contributed by atoms with Gasteiger partial charge in [-0.1, -0.05) is 11.6 Å². The summed E-state index contributed by atoms with van der Waals surface area (Å²) in [5.74, 6) is 0.0193. The molecule has 21 heavy (non-hydrogen) atoms. The average molecular weight is 311 g/mol. The van der Waals surface area contributed by atoms with Gasteiger partial charge in [0, 0.05) is 38.5 Å². The van der Waals surface area contributed by atoms with Crippen molar-refractivity contribution in [1.82, 2.24) is 14.8 Å². The Labute approximate surface area is 127 Å². The third-order valence-electron chi connectivity index (χ3n) is 3.70. The summed E-state index contributed by atoms with van der Waals surface area (Å²) in [5.41, 5.74) is 1.03. The topological polar surface area (TPSA) is 52.0 Å². The smallest absolute Gasteiger partial charge is 0.166 e. The van der Waals surface area contributed by atoms with E-state index in [2.05, 4.69) is 15.4 Å². The molecule has 0 aliphatic carbocycles. The third-order valence-corrected chi connectivity index (χ3v) is 3.91. The van der Waals surface area contributed by atoms with Crippen LogP contribution in [0.2, 0.25) is 5.02 Å². The molecule has 112 valence electrons. The van der Waals surface area contributed by atoms with Gasteiger partial charge in [0.1, 0.15) is 6.10 Å². The highest BCUT2D eigenvalue weighted by atomic mass is 35.5. The number of nitrogens with one attached hydrogen (secondary N) is 1. The molecule has 0 amide bonds. The quantitative estimate of drug-likeness (QED) is 0.943. The summed E-state index contributed by atoms with van der Waals surface area (Å²) in [5, 5.41) is 7.49. The molecular formula is C14H16ClFN4O. The highest BCUT2D eigenvalue weighted by molar-refractivity contribution is 6.30. The first-order valence-electron chi connectivity index (χ1n) is 6.79. The minimum absolute atomic E-state index is 0.0274. The van der Waals surface area contributed by atoms with E-state index in [0.29, 0.717) is 13.2 Å². The first kappa shape index (κ1) is 14.3. The van der Waals surface area contributed by atoms with Crippen molar-refractivity contribution in [3.8, 4) is 0 Å². The minimum atomic E-state index is -0.446. The summed E-state index contributed by atoms with van der Waals surface area (Å²) in [4.78, 5) is 3.97. The van der Waals surface area contributed by atoms with Crippen LogP contribution < -0.4 is 5.32 Å². The van der Waals surface area contributed by atoms with Gasteiger partial charge in [-0.3, -0.25) is 4.68 Å². The summed E-state index contributed by atoms with van der Waals surface area (Å²) in [6, 6.07) is 3.20. The van der Waals surface area contributed by atoms with Gasteiger partial charge in [0.05, 0.1) is 10.7 Å². The van der Waals surface area contributed by atoms with Crippen LogP contribution in [-0.4, -0.2) is 27.9 Å². The van der Waals surface area contributed by atoms with E-state index in [1.54, 1.807) is 6.20 Å². The van der Waals surface area contributed by atoms with E-state index in [-0.39, 0.29) is 22.9 Å². The van der Waals surface area contributed by atoms with Gasteiger partial charge in [-0.2, -0.15) is 5.10 Å². The van der Waals surface area contributed by atoms with Gasteiger partial charge in [0.25, 0.3) is 0 Å². The van der Waals surface area contributed by atoms with Gasteiger partial charge in [0.2, 0.25) is 0 Å². The zero-order valence-electron chi connectivity index (χ0n) is 11.6. The summed E-state index contributed by atoms with van der Waals surface area (Å²) in [6.45, 7) is 1.28. The molecule has 7 heteroatoms. The number of halogens is 2. The van der Waals surface area contributed by atoms with Crippen molar-refractivity contribution in [3.05, 3.63) is 41.1 Å². The number of hydrogen-bond donors (Lipinski definition) is 1. The van der Waals surface area contributed by atoms with E-state index in [9.17, 15) is 4.39 Å². The lowest BCUT2D eigenvalue weighted by atomic mass is 9.99. The van der Waals surface area contributed by atoms with Gasteiger partial charge in [-0.25, -0.2) is 9.37 Å². The van der Waals surface area contributed by atoms with Crippen LogP contribution in [-0.2, 0) is 11.8 Å². The molecule has 0 aromatic carbocycles. The van der Waals surface area contributed by atoms with Crippen LogP contribution in [0, 0.1) is 11.7 Å². The lowest BCUT2D eigenvalue weighted by molar-refractivity contribution is 0.0866. The summed E-state index contributed by atoms with van der Waals surface area (Å²) >= 11 is 5.69. The Hall–Kier alpha value is -1.66. The molecular weight excluding hydrogens is 295 g/mol. The maximum atomic E-state index is 13.7. The second-order valence-electron chi connectivity index (χ2n) is 5.08. The van der Waals surface area contributed by atoms with Gasteiger partial charge in [0.15, 0.2) is 11.6 Å². The van der Waals surface area contributed by atoms with Crippen molar-refractivity contribution in [2.45, 2.75) is 12.5 Å². The van der Waals surface area contributed by atoms with Crippen molar-refractivity contribution in [3.63, 3.8) is 0 Å². The van der Waals surface area contributed by atoms with Crippen LogP contribution in [0.1, 0.15) is 18.2 Å². The second kappa shape index (κ2) is 5.99. The molecule has 1 aliphatic heterocycles. The maximum absolute atomic E-state index is 13.7. The van der Waals surface area contributed by atoms with Crippen molar-refractivity contribution < 1.29 is 9.13 Å². The standard InChI is InChI=1S/C14H16ClFN4O/c1-20-12(2-4-19-20)13-9(3-5-21-13)7-17-14-11(16)6-10(15)8-18-14/h2,4,6,8-9,13H,3,5,7H2,1H3,(H,17,18)/t9-,13+/m0/s1. The molecule has 3 rings (SSSR count). The fourth-order valence-corrected chi connectivity index (χ4v) is 2.75. The predicted molar refractivity (Wildman–Crippen MR) is 77.7 cm³/mol. The Morgan fingerprint density at radius 2 is 2.43 bits per heavy atom. The molecule has 0 bridgehead atoms. The highest BCUT2D eigenvalue weighted by Crippen LogP contribution is 2.34. The largest absolute Gasteiger partial charge is 0.372 e. The number of nitrogens with zero attached hydrogens (tertiary/aromatic N) is 3. The van der Waals surface area contributed by atoms with Crippen LogP contribution in [0.3, 0.4) is 0 Å².